The highest BCUT2D eigenvalue weighted by atomic mass is 19.1. The molecule has 0 amide bonds. The standard InChI is InChI=1S/C22H25FN6/c1-2-24-21(26-15-22(11-12-22)17-7-6-8-18(23)13-17)25-14-20-28-27-16-29(20)19-9-4-3-5-10-19/h3-10,13,16H,2,11-12,14-15H2,1H3,(H2,24,25,26). The van der Waals surface area contributed by atoms with Gasteiger partial charge in [-0.15, -0.1) is 10.2 Å². The topological polar surface area (TPSA) is 67.1 Å². The van der Waals surface area contributed by atoms with Gasteiger partial charge in [0.2, 0.25) is 0 Å². The van der Waals surface area contributed by atoms with Gasteiger partial charge in [0, 0.05) is 24.2 Å². The van der Waals surface area contributed by atoms with Gasteiger partial charge < -0.3 is 10.6 Å². The fraction of sp³-hybridized carbons (Fsp3) is 0.318. The van der Waals surface area contributed by atoms with E-state index >= 15 is 0 Å². The maximum atomic E-state index is 13.6. The molecule has 4 rings (SSSR count). The third kappa shape index (κ3) is 4.45. The predicted octanol–water partition coefficient (Wildman–Crippen LogP) is 3.19. The third-order valence-electron chi connectivity index (χ3n) is 5.26. The Morgan fingerprint density at radius 3 is 2.69 bits per heavy atom. The summed E-state index contributed by atoms with van der Waals surface area (Å²) in [6, 6.07) is 16.9. The van der Waals surface area contributed by atoms with Gasteiger partial charge in [-0.05, 0) is 49.6 Å². The lowest BCUT2D eigenvalue weighted by atomic mass is 9.96. The highest BCUT2D eigenvalue weighted by Gasteiger charge is 2.44. The zero-order valence-corrected chi connectivity index (χ0v) is 16.5. The molecule has 0 unspecified atom stereocenters. The minimum Gasteiger partial charge on any atom is -0.357 e. The van der Waals surface area contributed by atoms with E-state index in [2.05, 4.69) is 25.8 Å². The number of nitrogens with zero attached hydrogens (tertiary/aromatic N) is 4. The SMILES string of the molecule is CCNC(=NCc1nncn1-c1ccccc1)NCC1(c2cccc(F)c2)CC1. The van der Waals surface area contributed by atoms with Crippen LogP contribution in [0.3, 0.4) is 0 Å². The van der Waals surface area contributed by atoms with Crippen LogP contribution in [0.25, 0.3) is 5.69 Å². The Kier molecular flexibility index (Phi) is 5.55. The Morgan fingerprint density at radius 1 is 1.14 bits per heavy atom. The fourth-order valence-electron chi connectivity index (χ4n) is 3.45. The average molecular weight is 392 g/mol. The lowest BCUT2D eigenvalue weighted by Crippen LogP contribution is -2.41. The van der Waals surface area contributed by atoms with E-state index in [1.165, 1.54) is 6.07 Å². The molecule has 0 saturated heterocycles. The van der Waals surface area contributed by atoms with Crippen molar-refractivity contribution in [2.45, 2.75) is 31.7 Å². The van der Waals surface area contributed by atoms with Gasteiger partial charge in [0.05, 0.1) is 0 Å². The largest absolute Gasteiger partial charge is 0.357 e. The summed E-state index contributed by atoms with van der Waals surface area (Å²) < 4.78 is 15.6. The average Bonchev–Trinajstić information content (AvgIpc) is 3.40. The predicted molar refractivity (Wildman–Crippen MR) is 111 cm³/mol. The molecule has 1 aliphatic rings. The Hall–Kier alpha value is -3.22. The van der Waals surface area contributed by atoms with Crippen molar-refractivity contribution < 1.29 is 4.39 Å². The summed E-state index contributed by atoms with van der Waals surface area (Å²) in [4.78, 5) is 4.68. The molecule has 1 heterocycles. The van der Waals surface area contributed by atoms with Crippen molar-refractivity contribution in [1.29, 1.82) is 0 Å². The van der Waals surface area contributed by atoms with Gasteiger partial charge in [0.1, 0.15) is 18.7 Å². The monoisotopic (exact) mass is 392 g/mol. The summed E-state index contributed by atoms with van der Waals surface area (Å²) in [6.07, 6.45) is 3.79. The van der Waals surface area contributed by atoms with Crippen molar-refractivity contribution in [3.05, 3.63) is 78.1 Å². The molecule has 1 aromatic heterocycles. The van der Waals surface area contributed by atoms with Gasteiger partial charge in [-0.25, -0.2) is 9.38 Å². The van der Waals surface area contributed by atoms with Crippen LogP contribution in [0.1, 0.15) is 31.2 Å². The van der Waals surface area contributed by atoms with Crippen LogP contribution in [0, 0.1) is 5.82 Å². The molecule has 150 valence electrons. The van der Waals surface area contributed by atoms with Gasteiger partial charge in [-0.3, -0.25) is 4.57 Å². The molecular weight excluding hydrogens is 367 g/mol. The maximum Gasteiger partial charge on any atom is 0.191 e. The van der Waals surface area contributed by atoms with Crippen LogP contribution in [0.2, 0.25) is 0 Å². The molecule has 7 heteroatoms. The van der Waals surface area contributed by atoms with Gasteiger partial charge in [0.15, 0.2) is 11.8 Å². The number of guanidine groups is 1. The van der Waals surface area contributed by atoms with E-state index in [1.54, 1.807) is 18.5 Å². The first-order valence-electron chi connectivity index (χ1n) is 9.93. The van der Waals surface area contributed by atoms with Gasteiger partial charge in [-0.1, -0.05) is 30.3 Å². The molecule has 0 atom stereocenters. The van der Waals surface area contributed by atoms with E-state index < -0.39 is 0 Å². The molecule has 0 radical (unpaired) electrons. The van der Waals surface area contributed by atoms with Gasteiger partial charge >= 0.3 is 0 Å². The van der Waals surface area contributed by atoms with Gasteiger partial charge in [-0.2, -0.15) is 0 Å². The Bertz CT molecular complexity index is 978. The van der Waals surface area contributed by atoms with Crippen molar-refractivity contribution in [2.75, 3.05) is 13.1 Å². The van der Waals surface area contributed by atoms with Crippen molar-refractivity contribution in [3.63, 3.8) is 0 Å². The summed E-state index contributed by atoms with van der Waals surface area (Å²) >= 11 is 0. The lowest BCUT2D eigenvalue weighted by molar-refractivity contribution is 0.607. The van der Waals surface area contributed by atoms with Crippen LogP contribution in [-0.2, 0) is 12.0 Å². The second kappa shape index (κ2) is 8.43. The highest BCUT2D eigenvalue weighted by molar-refractivity contribution is 5.79. The van der Waals surface area contributed by atoms with Crippen LogP contribution in [0.4, 0.5) is 4.39 Å². The lowest BCUT2D eigenvalue weighted by Gasteiger charge is -2.19. The van der Waals surface area contributed by atoms with Crippen LogP contribution in [0.5, 0.6) is 0 Å². The molecule has 29 heavy (non-hydrogen) atoms. The summed E-state index contributed by atoms with van der Waals surface area (Å²) in [7, 11) is 0. The number of hydrogen-bond donors (Lipinski definition) is 2. The van der Waals surface area contributed by atoms with Crippen LogP contribution < -0.4 is 10.6 Å². The minimum atomic E-state index is -0.186. The maximum absolute atomic E-state index is 13.6. The molecular formula is C22H25FN6. The first kappa shape index (κ1) is 19.1. The number of nitrogens with one attached hydrogen (secondary N) is 2. The van der Waals surface area contributed by atoms with Crippen LogP contribution in [-0.4, -0.2) is 33.8 Å². The molecule has 2 N–H and O–H groups in total. The van der Waals surface area contributed by atoms with E-state index in [1.807, 2.05) is 47.9 Å². The van der Waals surface area contributed by atoms with E-state index in [0.717, 1.165) is 42.4 Å². The smallest absolute Gasteiger partial charge is 0.191 e. The van der Waals surface area contributed by atoms with E-state index in [0.29, 0.717) is 13.1 Å². The number of halogens is 1. The second-order valence-corrected chi connectivity index (χ2v) is 7.29. The van der Waals surface area contributed by atoms with Crippen molar-refractivity contribution in [3.8, 4) is 5.69 Å². The molecule has 1 aliphatic carbocycles. The Labute approximate surface area is 169 Å². The zero-order chi connectivity index (χ0) is 20.1. The van der Waals surface area contributed by atoms with Gasteiger partial charge in [0.25, 0.3) is 0 Å². The molecule has 0 spiro atoms. The molecule has 3 aromatic rings. The summed E-state index contributed by atoms with van der Waals surface area (Å²) in [5.41, 5.74) is 2.04. The summed E-state index contributed by atoms with van der Waals surface area (Å²) in [5, 5.41) is 14.9. The van der Waals surface area contributed by atoms with Crippen molar-refractivity contribution in [1.82, 2.24) is 25.4 Å². The Balaban J connectivity index is 1.45. The molecule has 6 nitrogen and oxygen atoms in total. The molecule has 0 aliphatic heterocycles. The van der Waals surface area contributed by atoms with Crippen LogP contribution >= 0.6 is 0 Å². The molecule has 1 fully saturated rings. The molecule has 2 aromatic carbocycles. The Morgan fingerprint density at radius 2 is 1.97 bits per heavy atom. The number of benzene rings is 2. The van der Waals surface area contributed by atoms with E-state index in [9.17, 15) is 4.39 Å². The quantitative estimate of drug-likeness (QED) is 0.479. The highest BCUT2D eigenvalue weighted by Crippen LogP contribution is 2.47. The number of aromatic nitrogens is 3. The number of hydrogen-bond acceptors (Lipinski definition) is 3. The number of aliphatic imine (C=N–C) groups is 1. The van der Waals surface area contributed by atoms with Crippen LogP contribution in [0.15, 0.2) is 65.9 Å². The first-order valence-corrected chi connectivity index (χ1v) is 9.93. The van der Waals surface area contributed by atoms with Crippen molar-refractivity contribution >= 4 is 5.96 Å². The number of para-hydroxylation sites is 1. The second-order valence-electron chi connectivity index (χ2n) is 7.29. The zero-order valence-electron chi connectivity index (χ0n) is 16.5. The minimum absolute atomic E-state index is 0.0116. The summed E-state index contributed by atoms with van der Waals surface area (Å²) in [5.74, 6) is 1.30. The molecule has 1 saturated carbocycles. The molecule has 0 bridgehead atoms. The van der Waals surface area contributed by atoms with E-state index in [4.69, 9.17) is 0 Å². The first-order chi connectivity index (χ1) is 14.2. The fourth-order valence-corrected chi connectivity index (χ4v) is 3.45. The summed E-state index contributed by atoms with van der Waals surface area (Å²) in [6.45, 7) is 3.90. The normalized spacial score (nSPS) is 15.2. The van der Waals surface area contributed by atoms with Crippen molar-refractivity contribution in [2.24, 2.45) is 4.99 Å². The number of rotatable bonds is 7. The van der Waals surface area contributed by atoms with E-state index in [-0.39, 0.29) is 11.2 Å². The third-order valence-corrected chi connectivity index (χ3v) is 5.26.